The Labute approximate surface area is 567 Å². The van der Waals surface area contributed by atoms with E-state index in [0.29, 0.717) is 0 Å². The largest absolute Gasteiger partial charge is 0.310 e. The number of hydrogen-bond acceptors (Lipinski definition) is 2. The van der Waals surface area contributed by atoms with Crippen LogP contribution in [0.5, 0.6) is 0 Å². The molecule has 0 amide bonds. The lowest BCUT2D eigenvalue weighted by Crippen LogP contribution is -2.11. The normalized spacial score (nSPS) is 11.7. The number of unbranched alkanes of at least 4 members (excludes halogenated alkanes) is 6. The van der Waals surface area contributed by atoms with Crippen LogP contribution in [0.25, 0.3) is 66.8 Å². The van der Waals surface area contributed by atoms with Crippen LogP contribution in [0.4, 0.5) is 34.1 Å². The highest BCUT2D eigenvalue weighted by Crippen LogP contribution is 2.45. The smallest absolute Gasteiger partial charge is 0.0464 e. The van der Waals surface area contributed by atoms with Crippen LogP contribution in [0.2, 0.25) is 0 Å². The summed E-state index contributed by atoms with van der Waals surface area (Å²) in [7, 11) is 0. The molecule has 2 nitrogen and oxygen atoms in total. The van der Waals surface area contributed by atoms with Gasteiger partial charge in [-0.1, -0.05) is 271 Å². The van der Waals surface area contributed by atoms with E-state index in [0.717, 1.165) is 68.8 Å². The van der Waals surface area contributed by atoms with Crippen molar-refractivity contribution in [1.29, 1.82) is 0 Å². The van der Waals surface area contributed by atoms with Crippen molar-refractivity contribution < 1.29 is 0 Å². The predicted molar refractivity (Wildman–Crippen MR) is 406 cm³/mol. The van der Waals surface area contributed by atoms with Crippen molar-refractivity contribution in [1.82, 2.24) is 0 Å². The van der Waals surface area contributed by atoms with Crippen molar-refractivity contribution in [3.05, 3.63) is 285 Å². The summed E-state index contributed by atoms with van der Waals surface area (Å²) in [5, 5.41) is 0. The Hall–Kier alpha value is -8.02. The first-order valence-corrected chi connectivity index (χ1v) is 35.1. The van der Waals surface area contributed by atoms with E-state index in [1.54, 1.807) is 0 Å². The van der Waals surface area contributed by atoms with E-state index in [-0.39, 0.29) is 10.8 Å². The molecule has 11 rings (SSSR count). The lowest BCUT2D eigenvalue weighted by Gasteiger charge is -2.28. The summed E-state index contributed by atoms with van der Waals surface area (Å²) in [4.78, 5) is 4.85. The molecule has 0 aliphatic rings. The first-order valence-electron chi connectivity index (χ1n) is 33.5. The Morgan fingerprint density at radius 3 is 0.859 bits per heavy atom. The van der Waals surface area contributed by atoms with Crippen LogP contribution in [0, 0.1) is 13.8 Å². The maximum atomic E-state index is 3.71. The molecule has 0 saturated heterocycles. The van der Waals surface area contributed by atoms with Gasteiger partial charge in [0.1, 0.15) is 0 Å². The minimum absolute atomic E-state index is 0.101. The maximum Gasteiger partial charge on any atom is 0.0464 e. The highest BCUT2D eigenvalue weighted by atomic mass is 79.9. The molecule has 466 valence electrons. The summed E-state index contributed by atoms with van der Waals surface area (Å²) in [6, 6.07) is 91.3. The summed E-state index contributed by atoms with van der Waals surface area (Å²) in [6.07, 6.45) is 11.7. The number of anilines is 6. The molecule has 11 aromatic rings. The Kier molecular flexibility index (Phi) is 20.8. The quantitative estimate of drug-likeness (QED) is 0.0624. The van der Waals surface area contributed by atoms with Crippen LogP contribution in [0.1, 0.15) is 140 Å². The van der Waals surface area contributed by atoms with E-state index in [1.807, 2.05) is 0 Å². The molecule has 0 heterocycles. The molecule has 0 radical (unpaired) electrons. The Morgan fingerprint density at radius 2 is 0.576 bits per heavy atom. The van der Waals surface area contributed by atoms with Crippen LogP contribution < -0.4 is 9.80 Å². The molecule has 0 atom stereocenters. The average molecular weight is 1340 g/mol. The zero-order chi connectivity index (χ0) is 64.5. The molecule has 0 aromatic heterocycles. The average Bonchev–Trinajstić information content (AvgIpc) is 0.898. The first kappa shape index (κ1) is 65.5. The van der Waals surface area contributed by atoms with Crippen LogP contribution in [-0.4, -0.2) is 0 Å². The van der Waals surface area contributed by atoms with Crippen LogP contribution in [0.3, 0.4) is 0 Å². The van der Waals surface area contributed by atoms with Gasteiger partial charge in [0.05, 0.1) is 0 Å². The number of halogens is 2. The molecule has 0 unspecified atom stereocenters. The first-order chi connectivity index (χ1) is 44.4. The number of nitrogens with zero attached hydrogens (tertiary/aromatic N) is 2. The van der Waals surface area contributed by atoms with Crippen molar-refractivity contribution in [3.63, 3.8) is 0 Å². The number of hydrogen-bond donors (Lipinski definition) is 0. The molecule has 0 aliphatic heterocycles. The summed E-state index contributed by atoms with van der Waals surface area (Å²) in [5.74, 6) is 0. The fourth-order valence-corrected chi connectivity index (χ4v) is 13.8. The summed E-state index contributed by atoms with van der Waals surface area (Å²) < 4.78 is 2.15. The number of aryl methyl sites for hydroxylation is 4. The molecule has 0 aliphatic carbocycles. The fourth-order valence-electron chi connectivity index (χ4n) is 13.0. The van der Waals surface area contributed by atoms with Gasteiger partial charge in [-0.3, -0.25) is 0 Å². The van der Waals surface area contributed by atoms with Crippen LogP contribution in [-0.2, 0) is 23.7 Å². The Morgan fingerprint density at radius 1 is 0.283 bits per heavy atom. The number of rotatable bonds is 22. The van der Waals surface area contributed by atoms with Crippen LogP contribution >= 0.6 is 31.9 Å². The van der Waals surface area contributed by atoms with Gasteiger partial charge in [-0.2, -0.15) is 0 Å². The summed E-state index contributed by atoms with van der Waals surface area (Å²) in [5.41, 5.74) is 30.0. The lowest BCUT2D eigenvalue weighted by atomic mass is 9.84. The van der Waals surface area contributed by atoms with Gasteiger partial charge in [0.25, 0.3) is 0 Å². The monoisotopic (exact) mass is 1330 g/mol. The second kappa shape index (κ2) is 29.3. The third-order valence-corrected chi connectivity index (χ3v) is 19.4. The molecule has 0 saturated carbocycles. The van der Waals surface area contributed by atoms with Gasteiger partial charge in [-0.05, 0) is 248 Å². The van der Waals surface area contributed by atoms with Crippen molar-refractivity contribution in [2.24, 2.45) is 0 Å². The van der Waals surface area contributed by atoms with Gasteiger partial charge in [-0.15, -0.1) is 0 Å². The minimum atomic E-state index is 0.101. The molecule has 11 aromatic carbocycles. The highest BCUT2D eigenvalue weighted by Gasteiger charge is 2.22. The zero-order valence-corrected chi connectivity index (χ0v) is 59.0. The van der Waals surface area contributed by atoms with Gasteiger partial charge in [0.2, 0.25) is 0 Å². The molecule has 92 heavy (non-hydrogen) atoms. The minimum Gasteiger partial charge on any atom is -0.310 e. The predicted octanol–water partition coefficient (Wildman–Crippen LogP) is 27.6. The molecule has 0 N–H and O–H groups in total. The Bertz CT molecular complexity index is 3980. The van der Waals surface area contributed by atoms with Crippen molar-refractivity contribution in [3.8, 4) is 66.8 Å². The van der Waals surface area contributed by atoms with Crippen molar-refractivity contribution >= 4 is 66.0 Å². The summed E-state index contributed by atoms with van der Waals surface area (Å²) in [6.45, 7) is 22.9. The molecule has 0 bridgehead atoms. The molecule has 0 spiro atoms. The standard InChI is InChI=1S/C88H90Br2N2/c1-11-13-15-17-21-71-59-86(84-54-52-82(56-62(84)4)92(80-49-37-68(38-50-80)70-24-20-26-76(90)58-70)78-45-33-66(34-46-78)64-29-41-74(42-30-64)88(8,9)10)72(22-18-16-14-12-2)60-85(71)83-53-51-81(55-61(83)3)91(79-47-35-67(36-48-79)69-23-19-25-75(89)57-69)77-43-31-65(32-44-77)63-27-39-73(40-28-63)87(5,6)7/h19-20,23-60H,11-18,21-22H2,1-10H3. The Balaban J connectivity index is 0.981. The third kappa shape index (κ3) is 15.5. The van der Waals surface area contributed by atoms with Gasteiger partial charge in [0.15, 0.2) is 0 Å². The topological polar surface area (TPSA) is 6.48 Å². The van der Waals surface area contributed by atoms with Gasteiger partial charge < -0.3 is 9.80 Å². The van der Waals surface area contributed by atoms with E-state index in [9.17, 15) is 0 Å². The second-order valence-corrected chi connectivity index (χ2v) is 29.2. The van der Waals surface area contributed by atoms with E-state index < -0.39 is 0 Å². The molecule has 0 fully saturated rings. The fraction of sp³-hybridized carbons (Fsp3) is 0.250. The zero-order valence-electron chi connectivity index (χ0n) is 55.8. The molecular weight excluding hydrogens is 1240 g/mol. The SMILES string of the molecule is CCCCCCc1cc(-c2ccc(N(c3ccc(-c4ccc(C(C)(C)C)cc4)cc3)c3ccc(-c4cccc(Br)c4)cc3)cc2C)c(CCCCCC)cc1-c1ccc(N(c2ccc(-c3ccc(C(C)(C)C)cc3)cc2)c2ccc(-c3cccc(Br)c3)cc2)cc1C. The van der Waals surface area contributed by atoms with Gasteiger partial charge in [0, 0.05) is 43.1 Å². The maximum absolute atomic E-state index is 3.71. The highest BCUT2D eigenvalue weighted by molar-refractivity contribution is 9.10. The van der Waals surface area contributed by atoms with Crippen LogP contribution in [0.15, 0.2) is 252 Å². The van der Waals surface area contributed by atoms with E-state index in [2.05, 4.69) is 354 Å². The lowest BCUT2D eigenvalue weighted by molar-refractivity contribution is 0.590. The second-order valence-electron chi connectivity index (χ2n) is 27.3. The van der Waals surface area contributed by atoms with E-state index >= 15 is 0 Å². The van der Waals surface area contributed by atoms with Crippen molar-refractivity contribution in [2.75, 3.05) is 9.80 Å². The van der Waals surface area contributed by atoms with Crippen molar-refractivity contribution in [2.45, 2.75) is 144 Å². The van der Waals surface area contributed by atoms with Gasteiger partial charge in [-0.25, -0.2) is 0 Å². The van der Waals surface area contributed by atoms with Gasteiger partial charge >= 0.3 is 0 Å². The van der Waals surface area contributed by atoms with E-state index in [1.165, 1.54) is 139 Å². The number of benzene rings is 11. The third-order valence-electron chi connectivity index (χ3n) is 18.4. The molecule has 4 heteroatoms. The summed E-state index contributed by atoms with van der Waals surface area (Å²) >= 11 is 7.42. The van der Waals surface area contributed by atoms with E-state index in [4.69, 9.17) is 0 Å². The molecular formula is C88H90Br2N2.